The van der Waals surface area contributed by atoms with Gasteiger partial charge >= 0.3 is 0 Å². The van der Waals surface area contributed by atoms with Crippen LogP contribution in [0.15, 0.2) is 46.9 Å². The summed E-state index contributed by atoms with van der Waals surface area (Å²) in [4.78, 5) is 0. The van der Waals surface area contributed by atoms with E-state index in [9.17, 15) is 0 Å². The van der Waals surface area contributed by atoms with Crippen molar-refractivity contribution in [3.05, 3.63) is 68.7 Å². The molecule has 0 fully saturated rings. The molecule has 0 aliphatic carbocycles. The Labute approximate surface area is 121 Å². The van der Waals surface area contributed by atoms with Gasteiger partial charge in [-0.05, 0) is 47.1 Å². The molecule has 2 aromatic carbocycles. The molecule has 2 aromatic rings. The van der Waals surface area contributed by atoms with Crippen LogP contribution in [0.2, 0.25) is 5.02 Å². The highest BCUT2D eigenvalue weighted by molar-refractivity contribution is 9.10. The highest BCUT2D eigenvalue weighted by Gasteiger charge is 2.16. The maximum Gasteiger partial charge on any atom is 0.0599 e. The third kappa shape index (κ3) is 2.77. The van der Waals surface area contributed by atoms with E-state index in [1.54, 1.807) is 0 Å². The van der Waals surface area contributed by atoms with Crippen LogP contribution < -0.4 is 5.32 Å². The highest BCUT2D eigenvalue weighted by Crippen LogP contribution is 2.33. The zero-order valence-corrected chi connectivity index (χ0v) is 12.7. The lowest BCUT2D eigenvalue weighted by Gasteiger charge is -2.19. The van der Waals surface area contributed by atoms with Crippen LogP contribution in [0.4, 0.5) is 0 Å². The monoisotopic (exact) mass is 323 g/mol. The second-order valence-corrected chi connectivity index (χ2v) is 5.51. The van der Waals surface area contributed by atoms with E-state index < -0.39 is 0 Å². The Balaban J connectivity index is 2.49. The number of hydrogen-bond acceptors (Lipinski definition) is 1. The predicted molar refractivity (Wildman–Crippen MR) is 81.2 cm³/mol. The first-order valence-corrected chi connectivity index (χ1v) is 6.98. The van der Waals surface area contributed by atoms with Crippen LogP contribution in [-0.2, 0) is 0 Å². The summed E-state index contributed by atoms with van der Waals surface area (Å²) in [6.45, 7) is 2.10. The predicted octanol–water partition coefficient (Wildman–Crippen LogP) is 4.72. The molecular formula is C15H15BrClN. The van der Waals surface area contributed by atoms with E-state index in [0.717, 1.165) is 15.1 Å². The highest BCUT2D eigenvalue weighted by atomic mass is 79.9. The van der Waals surface area contributed by atoms with Gasteiger partial charge in [0.05, 0.1) is 11.1 Å². The lowest BCUT2D eigenvalue weighted by atomic mass is 9.97. The van der Waals surface area contributed by atoms with E-state index in [0.29, 0.717) is 0 Å². The van der Waals surface area contributed by atoms with Crippen molar-refractivity contribution >= 4 is 27.5 Å². The average Bonchev–Trinajstić information content (AvgIpc) is 2.35. The molecule has 1 N–H and O–H groups in total. The van der Waals surface area contributed by atoms with E-state index >= 15 is 0 Å². The minimum Gasteiger partial charge on any atom is -0.309 e. The molecule has 0 spiro atoms. The van der Waals surface area contributed by atoms with Gasteiger partial charge in [-0.1, -0.05) is 53.6 Å². The van der Waals surface area contributed by atoms with Crippen LogP contribution in [0.25, 0.3) is 0 Å². The normalized spacial score (nSPS) is 12.4. The summed E-state index contributed by atoms with van der Waals surface area (Å²) in [6.07, 6.45) is 0. The Morgan fingerprint density at radius 1 is 1.17 bits per heavy atom. The number of aryl methyl sites for hydroxylation is 1. The smallest absolute Gasteiger partial charge is 0.0599 e. The molecular weight excluding hydrogens is 310 g/mol. The SMILES string of the molecule is CNC(c1cccc(C)c1)c1cccc(Br)c1Cl. The van der Waals surface area contributed by atoms with Gasteiger partial charge in [0.25, 0.3) is 0 Å². The minimum atomic E-state index is 0.106. The summed E-state index contributed by atoms with van der Waals surface area (Å²) in [5, 5.41) is 4.09. The fourth-order valence-electron chi connectivity index (χ4n) is 2.09. The Morgan fingerprint density at radius 3 is 2.56 bits per heavy atom. The molecule has 0 saturated carbocycles. The molecule has 0 saturated heterocycles. The Bertz CT molecular complexity index is 554. The molecule has 0 radical (unpaired) electrons. The van der Waals surface area contributed by atoms with Gasteiger partial charge in [-0.15, -0.1) is 0 Å². The van der Waals surface area contributed by atoms with Crippen LogP contribution in [0.3, 0.4) is 0 Å². The van der Waals surface area contributed by atoms with Crippen LogP contribution in [0.1, 0.15) is 22.7 Å². The van der Waals surface area contributed by atoms with E-state index in [4.69, 9.17) is 11.6 Å². The molecule has 0 aromatic heterocycles. The summed E-state index contributed by atoms with van der Waals surface area (Å²) in [7, 11) is 1.95. The van der Waals surface area contributed by atoms with Crippen molar-refractivity contribution in [3.8, 4) is 0 Å². The molecule has 1 nitrogen and oxygen atoms in total. The molecule has 3 heteroatoms. The first-order chi connectivity index (χ1) is 8.63. The first kappa shape index (κ1) is 13.6. The van der Waals surface area contributed by atoms with Crippen molar-refractivity contribution in [1.82, 2.24) is 5.32 Å². The van der Waals surface area contributed by atoms with Crippen LogP contribution >= 0.6 is 27.5 Å². The molecule has 0 heterocycles. The number of rotatable bonds is 3. The summed E-state index contributed by atoms with van der Waals surface area (Å²) in [5.74, 6) is 0. The second-order valence-electron chi connectivity index (χ2n) is 4.28. The lowest BCUT2D eigenvalue weighted by Crippen LogP contribution is -2.18. The van der Waals surface area contributed by atoms with Crippen molar-refractivity contribution < 1.29 is 0 Å². The van der Waals surface area contributed by atoms with Crippen LogP contribution in [0, 0.1) is 6.92 Å². The zero-order chi connectivity index (χ0) is 13.1. The number of halogens is 2. The Kier molecular flexibility index (Phi) is 4.44. The van der Waals surface area contributed by atoms with Crippen molar-refractivity contribution in [2.75, 3.05) is 7.05 Å². The number of hydrogen-bond donors (Lipinski definition) is 1. The van der Waals surface area contributed by atoms with Gasteiger partial charge in [-0.25, -0.2) is 0 Å². The molecule has 1 unspecified atom stereocenters. The van der Waals surface area contributed by atoms with Gasteiger partial charge in [-0.3, -0.25) is 0 Å². The quantitative estimate of drug-likeness (QED) is 0.861. The molecule has 1 atom stereocenters. The second kappa shape index (κ2) is 5.87. The molecule has 0 aliphatic heterocycles. The van der Waals surface area contributed by atoms with Crippen LogP contribution in [0.5, 0.6) is 0 Å². The fraction of sp³-hybridized carbons (Fsp3) is 0.200. The van der Waals surface area contributed by atoms with Crippen molar-refractivity contribution in [3.63, 3.8) is 0 Å². The van der Waals surface area contributed by atoms with Gasteiger partial charge in [0.15, 0.2) is 0 Å². The van der Waals surface area contributed by atoms with Crippen molar-refractivity contribution in [2.24, 2.45) is 0 Å². The van der Waals surface area contributed by atoms with E-state index in [1.165, 1.54) is 11.1 Å². The number of nitrogens with one attached hydrogen (secondary N) is 1. The number of benzene rings is 2. The largest absolute Gasteiger partial charge is 0.309 e. The van der Waals surface area contributed by atoms with Crippen molar-refractivity contribution in [1.29, 1.82) is 0 Å². The van der Waals surface area contributed by atoms with Gasteiger partial charge < -0.3 is 5.32 Å². The lowest BCUT2D eigenvalue weighted by molar-refractivity contribution is 0.691. The van der Waals surface area contributed by atoms with Crippen molar-refractivity contribution in [2.45, 2.75) is 13.0 Å². The maximum absolute atomic E-state index is 6.37. The summed E-state index contributed by atoms with van der Waals surface area (Å²) < 4.78 is 0.926. The van der Waals surface area contributed by atoms with Gasteiger partial charge in [0, 0.05) is 4.47 Å². The fourth-order valence-corrected chi connectivity index (χ4v) is 2.71. The molecule has 0 amide bonds. The zero-order valence-electron chi connectivity index (χ0n) is 10.4. The Hall–Kier alpha value is -0.830. The molecule has 2 rings (SSSR count). The summed E-state index contributed by atoms with van der Waals surface area (Å²) in [5.41, 5.74) is 3.55. The molecule has 0 aliphatic rings. The third-order valence-electron chi connectivity index (χ3n) is 2.96. The molecule has 94 valence electrons. The summed E-state index contributed by atoms with van der Waals surface area (Å²) in [6, 6.07) is 14.6. The molecule has 18 heavy (non-hydrogen) atoms. The Morgan fingerprint density at radius 2 is 1.89 bits per heavy atom. The molecule has 0 bridgehead atoms. The minimum absolute atomic E-state index is 0.106. The van der Waals surface area contributed by atoms with Gasteiger partial charge in [-0.2, -0.15) is 0 Å². The van der Waals surface area contributed by atoms with Gasteiger partial charge in [0.1, 0.15) is 0 Å². The standard InChI is InChI=1S/C15H15BrClN/c1-10-5-3-6-11(9-10)15(18-2)12-7-4-8-13(16)14(12)17/h3-9,15,18H,1-2H3. The maximum atomic E-state index is 6.37. The van der Waals surface area contributed by atoms with E-state index in [1.807, 2.05) is 19.2 Å². The van der Waals surface area contributed by atoms with Gasteiger partial charge in [0.2, 0.25) is 0 Å². The summed E-state index contributed by atoms with van der Waals surface area (Å²) >= 11 is 9.84. The van der Waals surface area contributed by atoms with E-state index in [2.05, 4.69) is 58.5 Å². The first-order valence-electron chi connectivity index (χ1n) is 5.81. The van der Waals surface area contributed by atoms with E-state index in [-0.39, 0.29) is 6.04 Å². The topological polar surface area (TPSA) is 12.0 Å². The average molecular weight is 325 g/mol. The van der Waals surface area contributed by atoms with Crippen LogP contribution in [-0.4, -0.2) is 7.05 Å². The third-order valence-corrected chi connectivity index (χ3v) is 4.27.